The van der Waals surface area contributed by atoms with Crippen molar-refractivity contribution >= 4 is 0 Å². The van der Waals surface area contributed by atoms with Gasteiger partial charge >= 0.3 is 0 Å². The molecule has 0 aliphatic rings. The van der Waals surface area contributed by atoms with Gasteiger partial charge in [0.05, 0.1) is 0 Å². The molecule has 0 rings (SSSR count). The number of unbranched alkanes of at least 4 members (excludes halogenated alkanes) is 4. The Morgan fingerprint density at radius 3 is 2.00 bits per heavy atom. The summed E-state index contributed by atoms with van der Waals surface area (Å²) in [5.74, 6) is 13.6. The van der Waals surface area contributed by atoms with Gasteiger partial charge in [-0.3, -0.25) is 0 Å². The van der Waals surface area contributed by atoms with Crippen LogP contribution < -0.4 is 0 Å². The van der Waals surface area contributed by atoms with Crippen molar-refractivity contribution in [1.82, 2.24) is 0 Å². The fourth-order valence-corrected chi connectivity index (χ4v) is 1.53. The summed E-state index contributed by atoms with van der Waals surface area (Å²) in [7, 11) is 0. The molecule has 0 amide bonds. The van der Waals surface area contributed by atoms with Gasteiger partial charge in [-0.15, -0.1) is 0 Å². The first kappa shape index (κ1) is 16.1. The molecule has 96 valence electrons. The van der Waals surface area contributed by atoms with E-state index in [0.717, 1.165) is 18.8 Å². The van der Waals surface area contributed by atoms with Gasteiger partial charge in [0.1, 0.15) is 0 Å². The maximum atomic E-state index is 3.14. The normalized spacial score (nSPS) is 9.76. The van der Waals surface area contributed by atoms with Gasteiger partial charge in [-0.05, 0) is 30.1 Å². The molecule has 0 nitrogen and oxygen atoms in total. The molecule has 0 bridgehead atoms. The summed E-state index contributed by atoms with van der Waals surface area (Å²) in [6.45, 7) is 8.95. The molecule has 0 aromatic rings. The highest BCUT2D eigenvalue weighted by atomic mass is 14.0. The Hall–Kier alpha value is -0.880. The van der Waals surface area contributed by atoms with Crippen LogP contribution in [0.25, 0.3) is 0 Å². The second-order valence-corrected chi connectivity index (χ2v) is 5.55. The average molecular weight is 232 g/mol. The number of hydrogen-bond acceptors (Lipinski definition) is 0. The highest BCUT2D eigenvalue weighted by Gasteiger charge is 1.93. The van der Waals surface area contributed by atoms with Crippen LogP contribution in [0.2, 0.25) is 0 Å². The Labute approximate surface area is 109 Å². The van der Waals surface area contributed by atoms with Crippen molar-refractivity contribution in [3.8, 4) is 23.7 Å². The zero-order valence-electron chi connectivity index (χ0n) is 12.1. The minimum Gasteiger partial charge on any atom is -0.0891 e. The third-order valence-electron chi connectivity index (χ3n) is 2.58. The van der Waals surface area contributed by atoms with Crippen LogP contribution in [-0.2, 0) is 0 Å². The molecule has 0 saturated carbocycles. The molecule has 0 aromatic heterocycles. The van der Waals surface area contributed by atoms with Gasteiger partial charge in [0.15, 0.2) is 0 Å². The summed E-state index contributed by atoms with van der Waals surface area (Å²) in [4.78, 5) is 0. The Kier molecular flexibility index (Phi) is 11.0. The first-order chi connectivity index (χ1) is 8.13. The summed E-state index contributed by atoms with van der Waals surface area (Å²) in [5.41, 5.74) is 0. The van der Waals surface area contributed by atoms with E-state index >= 15 is 0 Å². The topological polar surface area (TPSA) is 0 Å². The van der Waals surface area contributed by atoms with Crippen molar-refractivity contribution in [2.24, 2.45) is 11.8 Å². The van der Waals surface area contributed by atoms with Gasteiger partial charge in [-0.2, -0.15) is 0 Å². The molecular weight excluding hydrogens is 204 g/mol. The minimum absolute atomic E-state index is 0.658. The molecule has 0 atom stereocenters. The van der Waals surface area contributed by atoms with Crippen LogP contribution in [0.15, 0.2) is 0 Å². The Balaban J connectivity index is 3.32. The number of hydrogen-bond donors (Lipinski definition) is 0. The highest BCUT2D eigenvalue weighted by Crippen LogP contribution is 2.09. The van der Waals surface area contributed by atoms with E-state index < -0.39 is 0 Å². The molecule has 0 saturated heterocycles. The lowest BCUT2D eigenvalue weighted by Crippen LogP contribution is -1.86. The third-order valence-corrected chi connectivity index (χ3v) is 2.58. The molecule has 0 unspecified atom stereocenters. The molecule has 0 radical (unpaired) electrons. The minimum atomic E-state index is 0.658. The van der Waals surface area contributed by atoms with Crippen LogP contribution in [0.1, 0.15) is 72.6 Å². The largest absolute Gasteiger partial charge is 0.0891 e. The summed E-state index contributed by atoms with van der Waals surface area (Å²) in [5, 5.41) is 0. The van der Waals surface area contributed by atoms with Gasteiger partial charge in [0, 0.05) is 12.8 Å². The number of rotatable bonds is 7. The second-order valence-electron chi connectivity index (χ2n) is 5.55. The molecule has 0 fully saturated rings. The van der Waals surface area contributed by atoms with Crippen LogP contribution in [0.4, 0.5) is 0 Å². The Bertz CT molecular complexity index is 275. The van der Waals surface area contributed by atoms with Gasteiger partial charge in [0.25, 0.3) is 0 Å². The monoisotopic (exact) mass is 232 g/mol. The van der Waals surface area contributed by atoms with E-state index in [1.165, 1.54) is 32.1 Å². The fraction of sp³-hybridized carbons (Fsp3) is 0.765. The Morgan fingerprint density at radius 1 is 0.706 bits per heavy atom. The van der Waals surface area contributed by atoms with E-state index in [4.69, 9.17) is 0 Å². The maximum absolute atomic E-state index is 3.14. The average Bonchev–Trinajstić information content (AvgIpc) is 2.25. The van der Waals surface area contributed by atoms with E-state index in [0.29, 0.717) is 5.92 Å². The zero-order chi connectivity index (χ0) is 12.9. The molecule has 0 aromatic carbocycles. The fourth-order valence-electron chi connectivity index (χ4n) is 1.53. The van der Waals surface area contributed by atoms with E-state index in [1.54, 1.807) is 0 Å². The highest BCUT2D eigenvalue weighted by molar-refractivity contribution is 5.25. The predicted octanol–water partition coefficient (Wildman–Crippen LogP) is 5.04. The van der Waals surface area contributed by atoms with Crippen molar-refractivity contribution in [2.75, 3.05) is 0 Å². The summed E-state index contributed by atoms with van der Waals surface area (Å²) >= 11 is 0. The van der Waals surface area contributed by atoms with Crippen LogP contribution in [-0.4, -0.2) is 0 Å². The molecular formula is C17H28. The van der Waals surface area contributed by atoms with E-state index in [-0.39, 0.29) is 0 Å². The first-order valence-corrected chi connectivity index (χ1v) is 7.08. The van der Waals surface area contributed by atoms with E-state index in [2.05, 4.69) is 51.4 Å². The van der Waals surface area contributed by atoms with Crippen LogP contribution >= 0.6 is 0 Å². The standard InChI is InChI=1S/C17H28/c1-16(2)14-12-10-8-6-5-7-9-11-13-15-17(3)4/h16-17H,5-6,8,10,12,14-15H2,1-4H3. The van der Waals surface area contributed by atoms with Crippen molar-refractivity contribution in [2.45, 2.75) is 72.6 Å². The van der Waals surface area contributed by atoms with Crippen LogP contribution in [0, 0.1) is 35.5 Å². The van der Waals surface area contributed by atoms with E-state index in [9.17, 15) is 0 Å². The summed E-state index contributed by atoms with van der Waals surface area (Å²) < 4.78 is 0. The van der Waals surface area contributed by atoms with Gasteiger partial charge in [-0.1, -0.05) is 65.2 Å². The van der Waals surface area contributed by atoms with Gasteiger partial charge in [-0.25, -0.2) is 0 Å². The molecule has 0 aliphatic carbocycles. The maximum Gasteiger partial charge on any atom is 0.0122 e. The lowest BCUT2D eigenvalue weighted by Gasteiger charge is -2.02. The lowest BCUT2D eigenvalue weighted by molar-refractivity contribution is 0.522. The predicted molar refractivity (Wildman–Crippen MR) is 77.5 cm³/mol. The van der Waals surface area contributed by atoms with Crippen molar-refractivity contribution in [3.63, 3.8) is 0 Å². The quantitative estimate of drug-likeness (QED) is 0.426. The van der Waals surface area contributed by atoms with Gasteiger partial charge < -0.3 is 0 Å². The summed E-state index contributed by atoms with van der Waals surface area (Å²) in [6, 6.07) is 0. The third kappa shape index (κ3) is 15.1. The molecule has 0 N–H and O–H groups in total. The first-order valence-electron chi connectivity index (χ1n) is 7.08. The molecule has 17 heavy (non-hydrogen) atoms. The summed E-state index contributed by atoms with van der Waals surface area (Å²) in [6.07, 6.45) is 8.63. The second kappa shape index (κ2) is 11.6. The molecule has 0 heteroatoms. The van der Waals surface area contributed by atoms with Gasteiger partial charge in [0.2, 0.25) is 0 Å². The van der Waals surface area contributed by atoms with E-state index in [1.807, 2.05) is 0 Å². The lowest BCUT2D eigenvalue weighted by atomic mass is 10.0. The molecule has 0 spiro atoms. The molecule has 0 aliphatic heterocycles. The van der Waals surface area contributed by atoms with Crippen molar-refractivity contribution in [1.29, 1.82) is 0 Å². The molecule has 0 heterocycles. The van der Waals surface area contributed by atoms with Crippen molar-refractivity contribution < 1.29 is 0 Å². The Morgan fingerprint density at radius 2 is 1.35 bits per heavy atom. The SMILES string of the molecule is CC(C)CC#CC#CCCCCCCC(C)C. The smallest absolute Gasteiger partial charge is 0.0122 e. The van der Waals surface area contributed by atoms with Crippen LogP contribution in [0.3, 0.4) is 0 Å². The zero-order valence-corrected chi connectivity index (χ0v) is 12.1. The van der Waals surface area contributed by atoms with Crippen molar-refractivity contribution in [3.05, 3.63) is 0 Å². The van der Waals surface area contributed by atoms with Crippen LogP contribution in [0.5, 0.6) is 0 Å².